The highest BCUT2D eigenvalue weighted by Crippen LogP contribution is 2.39. The first kappa shape index (κ1) is 33.8. The van der Waals surface area contributed by atoms with E-state index in [1.54, 1.807) is 0 Å². The lowest BCUT2D eigenvalue weighted by Crippen LogP contribution is -2.50. The highest BCUT2D eigenvalue weighted by atomic mass is 79.9. The summed E-state index contributed by atoms with van der Waals surface area (Å²) in [6, 6.07) is 12.1. The molecule has 0 spiro atoms. The fourth-order valence-corrected chi connectivity index (χ4v) is 7.19. The Morgan fingerprint density at radius 2 is 1.42 bits per heavy atom. The average molecular weight is 698 g/mol. The van der Waals surface area contributed by atoms with Gasteiger partial charge in [0.05, 0.1) is 0 Å². The summed E-state index contributed by atoms with van der Waals surface area (Å²) in [7, 11) is 0. The lowest BCUT2D eigenvalue weighted by atomic mass is 9.83. The van der Waals surface area contributed by atoms with Crippen LogP contribution in [-0.4, -0.2) is 93.2 Å². The molecule has 236 valence electrons. The zero-order valence-electron chi connectivity index (χ0n) is 24.7. The van der Waals surface area contributed by atoms with Crippen molar-refractivity contribution in [2.75, 3.05) is 70.3 Å². The highest BCUT2D eigenvalue weighted by molar-refractivity contribution is 9.10. The van der Waals surface area contributed by atoms with Gasteiger partial charge in [0.15, 0.2) is 0 Å². The molecule has 1 atom stereocenters. The quantitative estimate of drug-likeness (QED) is 0.439. The molecule has 3 saturated heterocycles. The molecule has 0 unspecified atom stereocenters. The van der Waals surface area contributed by atoms with Gasteiger partial charge in [0.25, 0.3) is 11.8 Å². The number of ether oxygens (including phenoxy) is 1. The molecular weight excluding hydrogens is 653 g/mol. The van der Waals surface area contributed by atoms with Crippen LogP contribution in [0, 0.1) is 0 Å². The van der Waals surface area contributed by atoms with Gasteiger partial charge in [-0.1, -0.05) is 35.2 Å². The number of hydrogen-bond donors (Lipinski definition) is 2. The van der Waals surface area contributed by atoms with Gasteiger partial charge in [0, 0.05) is 80.2 Å². The van der Waals surface area contributed by atoms with Gasteiger partial charge in [-0.25, -0.2) is 0 Å². The first-order valence-corrected chi connectivity index (χ1v) is 16.2. The molecule has 0 bridgehead atoms. The first-order chi connectivity index (χ1) is 20.0. The second-order valence-corrected chi connectivity index (χ2v) is 12.8. The number of halogens is 3. The third-order valence-corrected chi connectivity index (χ3v) is 9.53. The zero-order chi connectivity index (χ0) is 28.2. The molecule has 2 aromatic carbocycles. The van der Waals surface area contributed by atoms with Crippen LogP contribution >= 0.6 is 40.7 Å². The van der Waals surface area contributed by atoms with Crippen LogP contribution in [0.5, 0.6) is 5.75 Å². The molecule has 8 nitrogen and oxygen atoms in total. The summed E-state index contributed by atoms with van der Waals surface area (Å²) in [6.45, 7) is 7.76. The summed E-state index contributed by atoms with van der Waals surface area (Å²) in [5.74, 6) is 1.47. The van der Waals surface area contributed by atoms with E-state index >= 15 is 0 Å². The second-order valence-electron chi connectivity index (χ2n) is 11.8. The van der Waals surface area contributed by atoms with Crippen LogP contribution in [0.2, 0.25) is 0 Å². The molecule has 2 aromatic rings. The van der Waals surface area contributed by atoms with Crippen molar-refractivity contribution >= 4 is 58.2 Å². The molecule has 6 rings (SSSR count). The van der Waals surface area contributed by atoms with Gasteiger partial charge in [-0.2, -0.15) is 0 Å². The number of carbonyl (C=O) groups excluding carboxylic acids is 2. The van der Waals surface area contributed by atoms with Gasteiger partial charge < -0.3 is 30.1 Å². The Balaban J connectivity index is 0.00000212. The average Bonchev–Trinajstić information content (AvgIpc) is 3.54. The fraction of sp³-hybridized carbons (Fsp3) is 0.562. The van der Waals surface area contributed by atoms with E-state index in [1.807, 2.05) is 34.1 Å². The van der Waals surface area contributed by atoms with Crippen LogP contribution in [0.3, 0.4) is 0 Å². The second kappa shape index (κ2) is 15.8. The van der Waals surface area contributed by atoms with E-state index in [9.17, 15) is 9.59 Å². The maximum absolute atomic E-state index is 13.7. The third-order valence-electron chi connectivity index (χ3n) is 9.08. The number of amides is 2. The number of hydrogen-bond acceptors (Lipinski definition) is 6. The Labute approximate surface area is 276 Å². The van der Waals surface area contributed by atoms with Gasteiger partial charge in [0.2, 0.25) is 0 Å². The zero-order valence-corrected chi connectivity index (χ0v) is 27.9. The number of carbonyl (C=O) groups is 2. The van der Waals surface area contributed by atoms with Crippen LogP contribution in [0.1, 0.15) is 70.7 Å². The van der Waals surface area contributed by atoms with Crippen LogP contribution < -0.4 is 20.3 Å². The van der Waals surface area contributed by atoms with E-state index in [0.717, 1.165) is 80.0 Å². The van der Waals surface area contributed by atoms with Crippen LogP contribution in [0.4, 0.5) is 5.69 Å². The summed E-state index contributed by atoms with van der Waals surface area (Å²) in [5, 5.41) is 6.77. The molecule has 1 aliphatic carbocycles. The summed E-state index contributed by atoms with van der Waals surface area (Å²) >= 11 is 3.61. The van der Waals surface area contributed by atoms with Crippen molar-refractivity contribution < 1.29 is 14.3 Å². The van der Waals surface area contributed by atoms with Crippen LogP contribution in [0.15, 0.2) is 40.9 Å². The van der Waals surface area contributed by atoms with Gasteiger partial charge in [-0.05, 0) is 73.7 Å². The molecule has 43 heavy (non-hydrogen) atoms. The minimum Gasteiger partial charge on any atom is -0.489 e. The maximum atomic E-state index is 13.7. The van der Waals surface area contributed by atoms with E-state index in [1.165, 1.54) is 24.8 Å². The highest BCUT2D eigenvalue weighted by Gasteiger charge is 2.29. The van der Waals surface area contributed by atoms with Gasteiger partial charge in [-0.15, -0.1) is 24.8 Å². The molecule has 2 amide bonds. The summed E-state index contributed by atoms with van der Waals surface area (Å²) in [5.41, 5.74) is 3.70. The van der Waals surface area contributed by atoms with Crippen molar-refractivity contribution in [1.29, 1.82) is 0 Å². The normalized spacial score (nSPS) is 21.1. The Morgan fingerprint density at radius 3 is 2.07 bits per heavy atom. The summed E-state index contributed by atoms with van der Waals surface area (Å²) < 4.78 is 7.35. The molecule has 3 heterocycles. The first-order valence-electron chi connectivity index (χ1n) is 15.4. The largest absolute Gasteiger partial charge is 0.489 e. The predicted octanol–water partition coefficient (Wildman–Crippen LogP) is 5.09. The SMILES string of the molecule is Cl.Cl.O=C(c1cc(Br)cc(N2CCNCC2)c1)N1CCN(C(=O)c2ccc(O[C@H]3CCNC3)c(C3CCCCC3)c2)CC1. The molecule has 1 saturated carbocycles. The van der Waals surface area contributed by atoms with Crippen molar-refractivity contribution in [2.24, 2.45) is 0 Å². The Hall–Kier alpha value is -2.04. The molecule has 4 aliphatic rings. The number of anilines is 1. The number of nitrogens with zero attached hydrogens (tertiary/aromatic N) is 3. The molecule has 3 aliphatic heterocycles. The predicted molar refractivity (Wildman–Crippen MR) is 180 cm³/mol. The molecule has 11 heteroatoms. The van der Waals surface area contributed by atoms with Crippen molar-refractivity contribution in [1.82, 2.24) is 20.4 Å². The molecule has 4 fully saturated rings. The van der Waals surface area contributed by atoms with Gasteiger partial charge in [-0.3, -0.25) is 9.59 Å². The summed E-state index contributed by atoms with van der Waals surface area (Å²) in [6.07, 6.45) is 7.29. The smallest absolute Gasteiger partial charge is 0.254 e. The van der Waals surface area contributed by atoms with E-state index in [0.29, 0.717) is 37.7 Å². The van der Waals surface area contributed by atoms with E-state index in [2.05, 4.69) is 43.6 Å². The number of benzene rings is 2. The number of piperazine rings is 2. The number of nitrogens with one attached hydrogen (secondary N) is 2. The van der Waals surface area contributed by atoms with Crippen molar-refractivity contribution in [2.45, 2.75) is 50.5 Å². The van der Waals surface area contributed by atoms with Crippen molar-refractivity contribution in [3.05, 3.63) is 57.6 Å². The van der Waals surface area contributed by atoms with Gasteiger partial charge >= 0.3 is 0 Å². The number of rotatable bonds is 6. The standard InChI is InChI=1S/C32H42BrN5O3.2ClH/c33-26-18-25(19-27(21-26)36-12-10-34-11-13-36)32(40)38-16-14-37(15-17-38)31(39)24-6-7-30(41-28-8-9-35-22-28)29(20-24)23-4-2-1-3-5-23;;/h6-7,18-21,23,28,34-35H,1-5,8-17,22H2;2*1H/t28-;;/m0../s1. The lowest BCUT2D eigenvalue weighted by Gasteiger charge is -2.35. The van der Waals surface area contributed by atoms with E-state index in [-0.39, 0.29) is 42.7 Å². The maximum Gasteiger partial charge on any atom is 0.254 e. The minimum atomic E-state index is 0. The minimum absolute atomic E-state index is 0. The Kier molecular flexibility index (Phi) is 12.4. The molecular formula is C32H44BrCl2N5O3. The monoisotopic (exact) mass is 695 g/mol. The molecule has 2 N–H and O–H groups in total. The Morgan fingerprint density at radius 1 is 0.744 bits per heavy atom. The topological polar surface area (TPSA) is 77.2 Å². The van der Waals surface area contributed by atoms with Gasteiger partial charge in [0.1, 0.15) is 11.9 Å². The van der Waals surface area contributed by atoms with Crippen molar-refractivity contribution in [3.63, 3.8) is 0 Å². The van der Waals surface area contributed by atoms with E-state index < -0.39 is 0 Å². The van der Waals surface area contributed by atoms with E-state index in [4.69, 9.17) is 4.74 Å². The lowest BCUT2D eigenvalue weighted by molar-refractivity contribution is 0.0535. The van der Waals surface area contributed by atoms with Crippen LogP contribution in [0.25, 0.3) is 0 Å². The molecule has 0 aromatic heterocycles. The van der Waals surface area contributed by atoms with Crippen LogP contribution in [-0.2, 0) is 0 Å². The third kappa shape index (κ3) is 8.17. The summed E-state index contributed by atoms with van der Waals surface area (Å²) in [4.78, 5) is 33.2. The fourth-order valence-electron chi connectivity index (χ4n) is 6.71. The Bertz CT molecular complexity index is 1240. The molecule has 0 radical (unpaired) electrons. The van der Waals surface area contributed by atoms with Crippen molar-refractivity contribution in [3.8, 4) is 5.75 Å².